The summed E-state index contributed by atoms with van der Waals surface area (Å²) in [7, 11) is 2.05. The Morgan fingerprint density at radius 1 is 1.52 bits per heavy atom. The fourth-order valence-electron chi connectivity index (χ4n) is 2.05. The number of nitrogens with one attached hydrogen (secondary N) is 1. The molecule has 0 unspecified atom stereocenters. The van der Waals surface area contributed by atoms with Crippen LogP contribution in [0.1, 0.15) is 28.8 Å². The number of hydrogen-bond acceptors (Lipinski definition) is 3. The Kier molecular flexibility index (Phi) is 5.32. The first-order chi connectivity index (χ1) is 10.1. The summed E-state index contributed by atoms with van der Waals surface area (Å²) in [6.45, 7) is 1.54. The molecule has 5 heteroatoms. The summed E-state index contributed by atoms with van der Waals surface area (Å²) in [6.07, 6.45) is 2.47. The van der Waals surface area contributed by atoms with E-state index in [1.165, 1.54) is 25.0 Å². The number of nitrogens with two attached hydrogens (primary N) is 1. The number of benzene rings is 1. The molecule has 0 aromatic heterocycles. The van der Waals surface area contributed by atoms with Gasteiger partial charge in [0.05, 0.1) is 12.1 Å². The van der Waals surface area contributed by atoms with E-state index in [2.05, 4.69) is 22.1 Å². The summed E-state index contributed by atoms with van der Waals surface area (Å²) >= 11 is 0. The Hall–Kier alpha value is -1.90. The van der Waals surface area contributed by atoms with Crippen LogP contribution in [0, 0.1) is 17.7 Å². The van der Waals surface area contributed by atoms with Gasteiger partial charge in [0.15, 0.2) is 0 Å². The lowest BCUT2D eigenvalue weighted by Gasteiger charge is -2.15. The lowest BCUT2D eigenvalue weighted by atomic mass is 10.1. The number of nitrogens with zero attached hydrogens (tertiary/aromatic N) is 1. The molecule has 1 saturated carbocycles. The summed E-state index contributed by atoms with van der Waals surface area (Å²) in [6, 6.07) is 4.95. The van der Waals surface area contributed by atoms with Crippen molar-refractivity contribution in [2.75, 3.05) is 26.7 Å². The average molecular weight is 289 g/mol. The smallest absolute Gasteiger partial charge is 0.251 e. The topological polar surface area (TPSA) is 58.4 Å². The third kappa shape index (κ3) is 4.55. The van der Waals surface area contributed by atoms with E-state index in [0.717, 1.165) is 6.54 Å². The molecule has 1 aromatic carbocycles. The highest BCUT2D eigenvalue weighted by Crippen LogP contribution is 2.24. The van der Waals surface area contributed by atoms with Gasteiger partial charge in [-0.3, -0.25) is 4.79 Å². The minimum absolute atomic E-state index is 0.177. The zero-order chi connectivity index (χ0) is 15.2. The van der Waals surface area contributed by atoms with E-state index in [9.17, 15) is 9.18 Å². The van der Waals surface area contributed by atoms with E-state index in [1.807, 2.05) is 7.05 Å². The zero-order valence-electron chi connectivity index (χ0n) is 12.2. The number of rotatable bonds is 5. The van der Waals surface area contributed by atoms with Gasteiger partial charge in [0.1, 0.15) is 5.82 Å². The summed E-state index contributed by atoms with van der Waals surface area (Å²) in [4.78, 5) is 14.2. The van der Waals surface area contributed by atoms with Crippen molar-refractivity contribution in [3.8, 4) is 11.8 Å². The summed E-state index contributed by atoms with van der Waals surface area (Å²) in [5.41, 5.74) is 5.81. The van der Waals surface area contributed by atoms with Crippen LogP contribution in [0.3, 0.4) is 0 Å². The van der Waals surface area contributed by atoms with Gasteiger partial charge in [-0.1, -0.05) is 11.8 Å². The van der Waals surface area contributed by atoms with Gasteiger partial charge in [0, 0.05) is 24.7 Å². The molecule has 0 bridgehead atoms. The predicted molar refractivity (Wildman–Crippen MR) is 80.3 cm³/mol. The Morgan fingerprint density at radius 3 is 2.90 bits per heavy atom. The highest BCUT2D eigenvalue weighted by molar-refractivity contribution is 5.94. The number of hydrogen-bond donors (Lipinski definition) is 2. The first kappa shape index (κ1) is 15.5. The van der Waals surface area contributed by atoms with Gasteiger partial charge in [-0.15, -0.1) is 0 Å². The van der Waals surface area contributed by atoms with Gasteiger partial charge < -0.3 is 16.0 Å². The highest BCUT2D eigenvalue weighted by atomic mass is 19.1. The fraction of sp³-hybridized carbons (Fsp3) is 0.438. The number of likely N-dealkylation sites (N-methyl/N-ethyl adjacent to an activating group) is 1. The second-order valence-corrected chi connectivity index (χ2v) is 5.17. The molecule has 1 aliphatic carbocycles. The van der Waals surface area contributed by atoms with Crippen LogP contribution >= 0.6 is 0 Å². The van der Waals surface area contributed by atoms with E-state index in [-0.39, 0.29) is 18.0 Å². The van der Waals surface area contributed by atoms with Gasteiger partial charge in [-0.2, -0.15) is 0 Å². The molecule has 4 nitrogen and oxygen atoms in total. The van der Waals surface area contributed by atoms with Crippen molar-refractivity contribution in [1.82, 2.24) is 10.2 Å². The van der Waals surface area contributed by atoms with E-state index in [1.54, 1.807) is 6.07 Å². The molecule has 2 rings (SSSR count). The quantitative estimate of drug-likeness (QED) is 0.794. The second-order valence-electron chi connectivity index (χ2n) is 5.17. The molecule has 0 heterocycles. The Labute approximate surface area is 124 Å². The highest BCUT2D eigenvalue weighted by Gasteiger charge is 2.25. The maximum Gasteiger partial charge on any atom is 0.251 e. The molecule has 0 atom stereocenters. The molecule has 1 fully saturated rings. The minimum atomic E-state index is -0.501. The molecule has 0 saturated heterocycles. The van der Waals surface area contributed by atoms with Crippen LogP contribution in [-0.4, -0.2) is 43.5 Å². The van der Waals surface area contributed by atoms with Crippen molar-refractivity contribution in [1.29, 1.82) is 0 Å². The van der Waals surface area contributed by atoms with E-state index < -0.39 is 5.82 Å². The van der Waals surface area contributed by atoms with Gasteiger partial charge in [0.2, 0.25) is 0 Å². The molecule has 3 N–H and O–H groups in total. The Morgan fingerprint density at radius 2 is 2.29 bits per heavy atom. The maximum atomic E-state index is 13.8. The molecule has 0 radical (unpaired) electrons. The largest absolute Gasteiger partial charge is 0.351 e. The zero-order valence-corrected chi connectivity index (χ0v) is 12.2. The number of amides is 1. The first-order valence-electron chi connectivity index (χ1n) is 7.08. The minimum Gasteiger partial charge on any atom is -0.351 e. The van der Waals surface area contributed by atoms with E-state index >= 15 is 0 Å². The lowest BCUT2D eigenvalue weighted by molar-refractivity contribution is 0.0949. The molecule has 0 spiro atoms. The molecule has 21 heavy (non-hydrogen) atoms. The van der Waals surface area contributed by atoms with Gasteiger partial charge >= 0.3 is 0 Å². The van der Waals surface area contributed by atoms with Crippen molar-refractivity contribution >= 4 is 5.91 Å². The van der Waals surface area contributed by atoms with Crippen molar-refractivity contribution in [3.05, 3.63) is 35.1 Å². The van der Waals surface area contributed by atoms with Crippen LogP contribution in [0.2, 0.25) is 0 Å². The normalized spacial score (nSPS) is 13.7. The predicted octanol–water partition coefficient (Wildman–Crippen LogP) is 0.960. The van der Waals surface area contributed by atoms with Crippen molar-refractivity contribution in [2.45, 2.75) is 18.9 Å². The van der Waals surface area contributed by atoms with E-state index in [4.69, 9.17) is 5.73 Å². The number of carbonyl (C=O) groups excluding carboxylic acids is 1. The monoisotopic (exact) mass is 289 g/mol. The summed E-state index contributed by atoms with van der Waals surface area (Å²) < 4.78 is 13.8. The summed E-state index contributed by atoms with van der Waals surface area (Å²) in [5.74, 6) is 4.45. The molecule has 1 aliphatic rings. The number of halogens is 1. The SMILES string of the molecule is CN(CCNC(=O)c1ccc(C#CCN)c(F)c1)C1CC1. The standard InChI is InChI=1S/C16H20FN3O/c1-20(14-6-7-14)10-9-19-16(21)13-5-4-12(3-2-8-18)15(17)11-13/h4-5,11,14H,6-10,18H2,1H3,(H,19,21). The molecule has 1 aromatic rings. The van der Waals surface area contributed by atoms with Crippen LogP contribution < -0.4 is 11.1 Å². The van der Waals surface area contributed by atoms with Crippen LogP contribution in [-0.2, 0) is 0 Å². The molecule has 112 valence electrons. The molecule has 0 aliphatic heterocycles. The first-order valence-corrected chi connectivity index (χ1v) is 7.08. The van der Waals surface area contributed by atoms with Crippen molar-refractivity contribution < 1.29 is 9.18 Å². The van der Waals surface area contributed by atoms with Crippen molar-refractivity contribution in [3.63, 3.8) is 0 Å². The van der Waals surface area contributed by atoms with Crippen molar-refractivity contribution in [2.24, 2.45) is 5.73 Å². The van der Waals surface area contributed by atoms with Crippen LogP contribution in [0.5, 0.6) is 0 Å². The lowest BCUT2D eigenvalue weighted by Crippen LogP contribution is -2.34. The number of carbonyl (C=O) groups is 1. The van der Waals surface area contributed by atoms with Gasteiger partial charge in [-0.25, -0.2) is 4.39 Å². The second kappa shape index (κ2) is 7.21. The third-order valence-electron chi connectivity index (χ3n) is 3.48. The molecular weight excluding hydrogens is 269 g/mol. The van der Waals surface area contributed by atoms with Crippen LogP contribution in [0.25, 0.3) is 0 Å². The Balaban J connectivity index is 1.88. The van der Waals surface area contributed by atoms with Crippen LogP contribution in [0.15, 0.2) is 18.2 Å². The molecule has 1 amide bonds. The maximum absolute atomic E-state index is 13.8. The average Bonchev–Trinajstić information content (AvgIpc) is 3.30. The summed E-state index contributed by atoms with van der Waals surface area (Å²) in [5, 5.41) is 2.80. The van der Waals surface area contributed by atoms with Crippen LogP contribution in [0.4, 0.5) is 4.39 Å². The van der Waals surface area contributed by atoms with E-state index in [0.29, 0.717) is 18.2 Å². The molecular formula is C16H20FN3O. The van der Waals surface area contributed by atoms with Gasteiger partial charge in [0.25, 0.3) is 5.91 Å². The van der Waals surface area contributed by atoms with Gasteiger partial charge in [-0.05, 0) is 38.1 Å². The third-order valence-corrected chi connectivity index (χ3v) is 3.48. The fourth-order valence-corrected chi connectivity index (χ4v) is 2.05. The Bertz CT molecular complexity index is 573.